The highest BCUT2D eigenvalue weighted by Crippen LogP contribution is 2.20. The van der Waals surface area contributed by atoms with Crippen molar-refractivity contribution in [3.63, 3.8) is 0 Å². The first kappa shape index (κ1) is 15.1. The molecule has 18 heavy (non-hydrogen) atoms. The molecule has 0 fully saturated rings. The second-order valence-corrected chi connectivity index (χ2v) is 6.16. The van der Waals surface area contributed by atoms with E-state index in [1.54, 1.807) is 12.7 Å². The third-order valence-electron chi connectivity index (χ3n) is 2.86. The number of aryl methyl sites for hydroxylation is 1. The SMILES string of the molecule is CC(CCn1cncn1)NC(CO)CC(C)(C)C. The van der Waals surface area contributed by atoms with E-state index in [1.165, 1.54) is 0 Å². The summed E-state index contributed by atoms with van der Waals surface area (Å²) in [6.45, 7) is 9.75. The first-order valence-corrected chi connectivity index (χ1v) is 6.60. The van der Waals surface area contributed by atoms with E-state index in [2.05, 4.69) is 43.1 Å². The minimum Gasteiger partial charge on any atom is -0.395 e. The maximum absolute atomic E-state index is 9.40. The van der Waals surface area contributed by atoms with Crippen molar-refractivity contribution in [3.8, 4) is 0 Å². The molecule has 0 aliphatic heterocycles. The summed E-state index contributed by atoms with van der Waals surface area (Å²) in [5.41, 5.74) is 0.228. The van der Waals surface area contributed by atoms with Gasteiger partial charge in [0.2, 0.25) is 0 Å². The molecule has 0 spiro atoms. The highest BCUT2D eigenvalue weighted by Gasteiger charge is 2.19. The molecule has 2 N–H and O–H groups in total. The lowest BCUT2D eigenvalue weighted by atomic mass is 9.88. The van der Waals surface area contributed by atoms with Crippen LogP contribution in [0.15, 0.2) is 12.7 Å². The second-order valence-electron chi connectivity index (χ2n) is 6.16. The van der Waals surface area contributed by atoms with Crippen molar-refractivity contribution < 1.29 is 5.11 Å². The smallest absolute Gasteiger partial charge is 0.137 e. The van der Waals surface area contributed by atoms with Crippen LogP contribution in [-0.2, 0) is 6.54 Å². The van der Waals surface area contributed by atoms with Crippen molar-refractivity contribution in [3.05, 3.63) is 12.7 Å². The van der Waals surface area contributed by atoms with Gasteiger partial charge in [-0.15, -0.1) is 0 Å². The number of hydrogen-bond acceptors (Lipinski definition) is 4. The summed E-state index contributed by atoms with van der Waals surface area (Å²) in [6.07, 6.45) is 5.22. The monoisotopic (exact) mass is 254 g/mol. The van der Waals surface area contributed by atoms with Gasteiger partial charge in [0.1, 0.15) is 12.7 Å². The average molecular weight is 254 g/mol. The van der Waals surface area contributed by atoms with Gasteiger partial charge in [0, 0.05) is 18.6 Å². The summed E-state index contributed by atoms with van der Waals surface area (Å²) in [5.74, 6) is 0. The standard InChI is InChI=1S/C13H26N4O/c1-11(5-6-17-10-14-9-15-17)16-12(8-18)7-13(2,3)4/h9-12,16,18H,5-8H2,1-4H3. The Bertz CT molecular complexity index is 318. The van der Waals surface area contributed by atoms with Crippen LogP contribution in [0.25, 0.3) is 0 Å². The molecule has 0 aliphatic carbocycles. The van der Waals surface area contributed by atoms with Crippen molar-refractivity contribution in [1.82, 2.24) is 20.1 Å². The summed E-state index contributed by atoms with van der Waals surface area (Å²) in [7, 11) is 0. The summed E-state index contributed by atoms with van der Waals surface area (Å²) >= 11 is 0. The Labute approximate surface area is 110 Å². The Kier molecular flexibility index (Phi) is 5.75. The Hall–Kier alpha value is -0.940. The molecule has 0 saturated heterocycles. The van der Waals surface area contributed by atoms with E-state index in [0.717, 1.165) is 19.4 Å². The highest BCUT2D eigenvalue weighted by molar-refractivity contribution is 4.76. The molecule has 5 nitrogen and oxygen atoms in total. The molecule has 2 unspecified atom stereocenters. The molecule has 0 amide bonds. The first-order chi connectivity index (χ1) is 8.40. The second kappa shape index (κ2) is 6.85. The molecule has 2 atom stereocenters. The number of hydrogen-bond donors (Lipinski definition) is 2. The predicted molar refractivity (Wildman–Crippen MR) is 72.2 cm³/mol. The van der Waals surface area contributed by atoms with Gasteiger partial charge in [-0.3, -0.25) is 4.68 Å². The van der Waals surface area contributed by atoms with Crippen molar-refractivity contribution in [1.29, 1.82) is 0 Å². The van der Waals surface area contributed by atoms with Gasteiger partial charge in [-0.2, -0.15) is 5.10 Å². The van der Waals surface area contributed by atoms with E-state index >= 15 is 0 Å². The Balaban J connectivity index is 2.30. The summed E-state index contributed by atoms with van der Waals surface area (Å²) in [5, 5.41) is 16.9. The molecular weight excluding hydrogens is 228 g/mol. The third-order valence-corrected chi connectivity index (χ3v) is 2.86. The zero-order valence-corrected chi connectivity index (χ0v) is 11.9. The predicted octanol–water partition coefficient (Wildman–Crippen LogP) is 1.44. The molecular formula is C13H26N4O. The van der Waals surface area contributed by atoms with Crippen molar-refractivity contribution in [2.75, 3.05) is 6.61 Å². The Morgan fingerprint density at radius 2 is 2.11 bits per heavy atom. The average Bonchev–Trinajstić information content (AvgIpc) is 2.76. The van der Waals surface area contributed by atoms with Crippen molar-refractivity contribution >= 4 is 0 Å². The van der Waals surface area contributed by atoms with Crippen LogP contribution in [-0.4, -0.2) is 38.6 Å². The summed E-state index contributed by atoms with van der Waals surface area (Å²) in [4.78, 5) is 3.92. The molecule has 104 valence electrons. The summed E-state index contributed by atoms with van der Waals surface area (Å²) < 4.78 is 1.83. The highest BCUT2D eigenvalue weighted by atomic mass is 16.3. The van der Waals surface area contributed by atoms with Gasteiger partial charge in [-0.25, -0.2) is 4.98 Å². The van der Waals surface area contributed by atoms with Gasteiger partial charge in [-0.1, -0.05) is 20.8 Å². The number of aliphatic hydroxyl groups is 1. The van der Waals surface area contributed by atoms with E-state index < -0.39 is 0 Å². The lowest BCUT2D eigenvalue weighted by Gasteiger charge is -2.28. The normalized spacial score (nSPS) is 15.6. The Morgan fingerprint density at radius 3 is 2.61 bits per heavy atom. The maximum atomic E-state index is 9.40. The van der Waals surface area contributed by atoms with Crippen LogP contribution in [0.3, 0.4) is 0 Å². The minimum absolute atomic E-state index is 0.163. The van der Waals surface area contributed by atoms with Crippen molar-refractivity contribution in [2.45, 2.75) is 59.2 Å². The molecule has 1 aromatic rings. The number of aliphatic hydroxyl groups excluding tert-OH is 1. The van der Waals surface area contributed by atoms with Crippen LogP contribution in [0, 0.1) is 5.41 Å². The van der Waals surface area contributed by atoms with Crippen LogP contribution in [0.2, 0.25) is 0 Å². The van der Waals surface area contributed by atoms with Gasteiger partial charge >= 0.3 is 0 Å². The lowest BCUT2D eigenvalue weighted by Crippen LogP contribution is -2.41. The van der Waals surface area contributed by atoms with E-state index in [0.29, 0.717) is 6.04 Å². The largest absolute Gasteiger partial charge is 0.395 e. The molecule has 1 aromatic heterocycles. The van der Waals surface area contributed by atoms with Gasteiger partial charge in [0.05, 0.1) is 6.61 Å². The van der Waals surface area contributed by atoms with Crippen molar-refractivity contribution in [2.24, 2.45) is 5.41 Å². The maximum Gasteiger partial charge on any atom is 0.137 e. The van der Waals surface area contributed by atoms with Crippen LogP contribution in [0.1, 0.15) is 40.5 Å². The van der Waals surface area contributed by atoms with Crippen LogP contribution < -0.4 is 5.32 Å². The van der Waals surface area contributed by atoms with E-state index in [4.69, 9.17) is 0 Å². The van der Waals surface area contributed by atoms with Crippen LogP contribution in [0.4, 0.5) is 0 Å². The molecule has 5 heteroatoms. The molecule has 1 heterocycles. The zero-order valence-electron chi connectivity index (χ0n) is 11.9. The van der Waals surface area contributed by atoms with Crippen LogP contribution in [0.5, 0.6) is 0 Å². The first-order valence-electron chi connectivity index (χ1n) is 6.60. The fourth-order valence-electron chi connectivity index (χ4n) is 2.08. The lowest BCUT2D eigenvalue weighted by molar-refractivity contribution is 0.187. The van der Waals surface area contributed by atoms with E-state index in [9.17, 15) is 5.11 Å². The molecule has 0 radical (unpaired) electrons. The molecule has 0 aromatic carbocycles. The van der Waals surface area contributed by atoms with Gasteiger partial charge in [0.25, 0.3) is 0 Å². The van der Waals surface area contributed by atoms with Gasteiger partial charge in [0.15, 0.2) is 0 Å². The fraction of sp³-hybridized carbons (Fsp3) is 0.846. The topological polar surface area (TPSA) is 63.0 Å². The van der Waals surface area contributed by atoms with Gasteiger partial charge < -0.3 is 10.4 Å². The van der Waals surface area contributed by atoms with Crippen LogP contribution >= 0.6 is 0 Å². The Morgan fingerprint density at radius 1 is 1.39 bits per heavy atom. The third kappa shape index (κ3) is 6.12. The number of nitrogens with zero attached hydrogens (tertiary/aromatic N) is 3. The number of nitrogens with one attached hydrogen (secondary N) is 1. The quantitative estimate of drug-likeness (QED) is 0.773. The number of rotatable bonds is 7. The number of aromatic nitrogens is 3. The molecule has 0 saturated carbocycles. The van der Waals surface area contributed by atoms with E-state index in [-0.39, 0.29) is 18.1 Å². The fourth-order valence-corrected chi connectivity index (χ4v) is 2.08. The summed E-state index contributed by atoms with van der Waals surface area (Å²) in [6, 6.07) is 0.518. The zero-order chi connectivity index (χ0) is 13.6. The molecule has 0 aliphatic rings. The minimum atomic E-state index is 0.163. The van der Waals surface area contributed by atoms with E-state index in [1.807, 2.05) is 4.68 Å². The molecule has 1 rings (SSSR count). The molecule has 0 bridgehead atoms. The van der Waals surface area contributed by atoms with Gasteiger partial charge in [-0.05, 0) is 25.2 Å².